The molecule has 1 atom stereocenters. The van der Waals surface area contributed by atoms with Crippen molar-refractivity contribution in [3.05, 3.63) is 35.6 Å². The third-order valence-corrected chi connectivity index (χ3v) is 3.81. The summed E-state index contributed by atoms with van der Waals surface area (Å²) in [4.78, 5) is 15.1. The number of β-amino-alcohol motifs (C(OH)–C–C–N with tert-alkyl or cyclic N) is 1. The Bertz CT molecular complexity index is 490. The Balaban J connectivity index is 1.65. The number of benzene rings is 1. The van der Waals surface area contributed by atoms with Crippen molar-refractivity contribution in [1.82, 2.24) is 9.80 Å². The van der Waals surface area contributed by atoms with Gasteiger partial charge in [-0.05, 0) is 6.07 Å². The number of ether oxygens (including phenoxy) is 1. The number of hydrogen-bond donors (Lipinski definition) is 1. The molecule has 1 amide bonds. The SMILES string of the molecule is CC(=O)N1CCN(C[C@@H](O)COCc2ccccc2F)CC1. The van der Waals surface area contributed by atoms with Crippen LogP contribution in [0, 0.1) is 5.82 Å². The van der Waals surface area contributed by atoms with Crippen molar-refractivity contribution in [3.63, 3.8) is 0 Å². The van der Waals surface area contributed by atoms with Gasteiger partial charge in [0.1, 0.15) is 5.82 Å². The summed E-state index contributed by atoms with van der Waals surface area (Å²) in [6.45, 7) is 5.29. The van der Waals surface area contributed by atoms with Gasteiger partial charge in [-0.1, -0.05) is 18.2 Å². The highest BCUT2D eigenvalue weighted by Gasteiger charge is 2.20. The molecule has 22 heavy (non-hydrogen) atoms. The van der Waals surface area contributed by atoms with Crippen molar-refractivity contribution < 1.29 is 19.0 Å². The number of halogens is 1. The minimum absolute atomic E-state index is 0.0911. The van der Waals surface area contributed by atoms with Crippen LogP contribution in [0.1, 0.15) is 12.5 Å². The van der Waals surface area contributed by atoms with Gasteiger partial charge >= 0.3 is 0 Å². The molecule has 0 radical (unpaired) electrons. The molecule has 1 aromatic carbocycles. The first-order valence-corrected chi connectivity index (χ1v) is 7.53. The van der Waals surface area contributed by atoms with Crippen molar-refractivity contribution in [1.29, 1.82) is 0 Å². The minimum Gasteiger partial charge on any atom is -0.389 e. The molecule has 1 N–H and O–H groups in total. The second-order valence-corrected chi connectivity index (χ2v) is 5.57. The maximum Gasteiger partial charge on any atom is 0.219 e. The largest absolute Gasteiger partial charge is 0.389 e. The molecule has 1 aliphatic rings. The van der Waals surface area contributed by atoms with Gasteiger partial charge in [-0.15, -0.1) is 0 Å². The zero-order chi connectivity index (χ0) is 15.9. The van der Waals surface area contributed by atoms with E-state index in [9.17, 15) is 14.3 Å². The Kier molecular flexibility index (Phi) is 6.30. The second kappa shape index (κ2) is 8.22. The van der Waals surface area contributed by atoms with Crippen LogP contribution in [0.25, 0.3) is 0 Å². The Morgan fingerprint density at radius 3 is 2.64 bits per heavy atom. The summed E-state index contributed by atoms with van der Waals surface area (Å²) in [5.74, 6) is -0.203. The summed E-state index contributed by atoms with van der Waals surface area (Å²) in [7, 11) is 0. The van der Waals surface area contributed by atoms with Gasteiger partial charge in [-0.3, -0.25) is 9.69 Å². The molecule has 1 aliphatic heterocycles. The highest BCUT2D eigenvalue weighted by atomic mass is 19.1. The summed E-state index contributed by atoms with van der Waals surface area (Å²) in [6, 6.07) is 6.45. The molecule has 0 aromatic heterocycles. The maximum absolute atomic E-state index is 13.4. The molecule has 1 saturated heterocycles. The predicted molar refractivity (Wildman–Crippen MR) is 80.8 cm³/mol. The van der Waals surface area contributed by atoms with Crippen LogP contribution in [0.4, 0.5) is 4.39 Å². The number of piperazine rings is 1. The monoisotopic (exact) mass is 310 g/mol. The van der Waals surface area contributed by atoms with Crippen LogP contribution in [0.2, 0.25) is 0 Å². The molecule has 1 heterocycles. The van der Waals surface area contributed by atoms with E-state index in [1.165, 1.54) is 6.07 Å². The van der Waals surface area contributed by atoms with Crippen LogP contribution in [-0.4, -0.2) is 66.2 Å². The second-order valence-electron chi connectivity index (χ2n) is 5.57. The zero-order valence-electron chi connectivity index (χ0n) is 12.9. The smallest absolute Gasteiger partial charge is 0.219 e. The Labute approximate surface area is 130 Å². The average Bonchev–Trinajstić information content (AvgIpc) is 2.50. The first-order chi connectivity index (χ1) is 10.6. The molecule has 0 spiro atoms. The standard InChI is InChI=1S/C16H23FN2O3/c1-13(20)19-8-6-18(7-9-19)10-15(21)12-22-11-14-4-2-3-5-16(14)17/h2-5,15,21H,6-12H2,1H3/t15-/m1/s1. The topological polar surface area (TPSA) is 53.0 Å². The number of aliphatic hydroxyl groups excluding tert-OH is 1. The van der Waals surface area contributed by atoms with Gasteiger partial charge < -0.3 is 14.7 Å². The maximum atomic E-state index is 13.4. The molecule has 0 bridgehead atoms. The van der Waals surface area contributed by atoms with E-state index in [4.69, 9.17) is 4.74 Å². The fraction of sp³-hybridized carbons (Fsp3) is 0.562. The lowest BCUT2D eigenvalue weighted by molar-refractivity contribution is -0.130. The van der Waals surface area contributed by atoms with Crippen LogP contribution < -0.4 is 0 Å². The normalized spacial score (nSPS) is 17.5. The molecule has 1 fully saturated rings. The molecule has 122 valence electrons. The van der Waals surface area contributed by atoms with Crippen molar-refractivity contribution >= 4 is 5.91 Å². The van der Waals surface area contributed by atoms with Gasteiger partial charge in [0.15, 0.2) is 0 Å². The number of hydrogen-bond acceptors (Lipinski definition) is 4. The Morgan fingerprint density at radius 1 is 1.32 bits per heavy atom. The van der Waals surface area contributed by atoms with Gasteiger partial charge in [0, 0.05) is 45.2 Å². The van der Waals surface area contributed by atoms with E-state index in [1.807, 2.05) is 0 Å². The van der Waals surface area contributed by atoms with Gasteiger partial charge in [-0.25, -0.2) is 4.39 Å². The van der Waals surface area contributed by atoms with Crippen LogP contribution in [-0.2, 0) is 16.1 Å². The molecule has 0 unspecified atom stereocenters. The molecular formula is C16H23FN2O3. The third kappa shape index (κ3) is 5.05. The molecule has 0 saturated carbocycles. The van der Waals surface area contributed by atoms with Gasteiger partial charge in [-0.2, -0.15) is 0 Å². The number of carbonyl (C=O) groups excluding carboxylic acids is 1. The number of rotatable bonds is 6. The first kappa shape index (κ1) is 16.9. The summed E-state index contributed by atoms with van der Waals surface area (Å²) in [6.07, 6.45) is -0.615. The van der Waals surface area contributed by atoms with E-state index in [2.05, 4.69) is 4.90 Å². The quantitative estimate of drug-likeness (QED) is 0.847. The highest BCUT2D eigenvalue weighted by Crippen LogP contribution is 2.08. The third-order valence-electron chi connectivity index (χ3n) is 3.81. The average molecular weight is 310 g/mol. The van der Waals surface area contributed by atoms with Crippen LogP contribution >= 0.6 is 0 Å². The fourth-order valence-corrected chi connectivity index (χ4v) is 2.52. The van der Waals surface area contributed by atoms with Crippen molar-refractivity contribution in [2.75, 3.05) is 39.3 Å². The van der Waals surface area contributed by atoms with E-state index in [1.54, 1.807) is 30.0 Å². The summed E-state index contributed by atoms with van der Waals surface area (Å²) >= 11 is 0. The number of carbonyl (C=O) groups is 1. The highest BCUT2D eigenvalue weighted by molar-refractivity contribution is 5.73. The van der Waals surface area contributed by atoms with E-state index < -0.39 is 6.10 Å². The predicted octanol–water partition coefficient (Wildman–Crippen LogP) is 0.867. The van der Waals surface area contributed by atoms with Gasteiger partial charge in [0.25, 0.3) is 0 Å². The lowest BCUT2D eigenvalue weighted by Crippen LogP contribution is -2.50. The molecule has 6 heteroatoms. The van der Waals surface area contributed by atoms with Crippen molar-refractivity contribution in [2.45, 2.75) is 19.6 Å². The molecule has 0 aliphatic carbocycles. The fourth-order valence-electron chi connectivity index (χ4n) is 2.52. The van der Waals surface area contributed by atoms with E-state index in [0.717, 1.165) is 13.1 Å². The van der Waals surface area contributed by atoms with E-state index in [-0.39, 0.29) is 24.9 Å². The van der Waals surface area contributed by atoms with Crippen LogP contribution in [0.3, 0.4) is 0 Å². The van der Waals surface area contributed by atoms with Gasteiger partial charge in [0.05, 0.1) is 19.3 Å². The first-order valence-electron chi connectivity index (χ1n) is 7.53. The summed E-state index contributed by atoms with van der Waals surface area (Å²) < 4.78 is 18.8. The van der Waals surface area contributed by atoms with Crippen LogP contribution in [0.15, 0.2) is 24.3 Å². The number of nitrogens with zero attached hydrogens (tertiary/aromatic N) is 2. The lowest BCUT2D eigenvalue weighted by atomic mass is 10.2. The van der Waals surface area contributed by atoms with E-state index >= 15 is 0 Å². The molecular weight excluding hydrogens is 287 g/mol. The lowest BCUT2D eigenvalue weighted by Gasteiger charge is -2.35. The van der Waals surface area contributed by atoms with E-state index in [0.29, 0.717) is 25.2 Å². The van der Waals surface area contributed by atoms with Gasteiger partial charge in [0.2, 0.25) is 5.91 Å². The molecule has 1 aromatic rings. The Hall–Kier alpha value is -1.50. The Morgan fingerprint density at radius 2 is 2.00 bits per heavy atom. The summed E-state index contributed by atoms with van der Waals surface area (Å²) in [5, 5.41) is 9.98. The molecule has 5 nitrogen and oxygen atoms in total. The number of amides is 1. The number of aliphatic hydroxyl groups is 1. The van der Waals surface area contributed by atoms with Crippen LogP contribution in [0.5, 0.6) is 0 Å². The zero-order valence-corrected chi connectivity index (χ0v) is 12.9. The molecule has 2 rings (SSSR count). The van der Waals surface area contributed by atoms with Crippen molar-refractivity contribution in [2.24, 2.45) is 0 Å². The minimum atomic E-state index is -0.615. The van der Waals surface area contributed by atoms with Crippen molar-refractivity contribution in [3.8, 4) is 0 Å². The summed E-state index contributed by atoms with van der Waals surface area (Å²) in [5.41, 5.74) is 0.491.